The highest BCUT2D eigenvalue weighted by molar-refractivity contribution is 5.30. The lowest BCUT2D eigenvalue weighted by Crippen LogP contribution is -2.26. The van der Waals surface area contributed by atoms with E-state index in [-0.39, 0.29) is 0 Å². The lowest BCUT2D eigenvalue weighted by Gasteiger charge is -2.22. The van der Waals surface area contributed by atoms with Crippen LogP contribution in [0, 0.1) is 0 Å². The molecule has 3 heteroatoms. The zero-order chi connectivity index (χ0) is 10.3. The third kappa shape index (κ3) is 1.46. The molecule has 0 radical (unpaired) electrons. The van der Waals surface area contributed by atoms with Crippen LogP contribution in [0.3, 0.4) is 0 Å². The molecule has 0 aromatic carbocycles. The van der Waals surface area contributed by atoms with E-state index in [4.69, 9.17) is 0 Å². The van der Waals surface area contributed by atoms with Crippen molar-refractivity contribution in [3.05, 3.63) is 17.0 Å². The van der Waals surface area contributed by atoms with Gasteiger partial charge in [0, 0.05) is 37.8 Å². The van der Waals surface area contributed by atoms with E-state index in [9.17, 15) is 0 Å². The molecule has 0 fully saturated rings. The molecule has 0 aliphatic carbocycles. The van der Waals surface area contributed by atoms with Crippen molar-refractivity contribution >= 4 is 0 Å². The zero-order valence-corrected chi connectivity index (χ0v) is 9.54. The van der Waals surface area contributed by atoms with Gasteiger partial charge in [0.1, 0.15) is 0 Å². The first-order chi connectivity index (χ1) is 6.59. The Morgan fingerprint density at radius 3 is 2.64 bits per heavy atom. The molecule has 1 aliphatic rings. The molecule has 0 saturated heterocycles. The molecular formula is C11H19N3. The molecule has 0 bridgehead atoms. The number of aromatic nitrogens is 2. The molecule has 2 heterocycles. The molecule has 1 aromatic rings. The highest BCUT2D eigenvalue weighted by atomic mass is 15.3. The van der Waals surface area contributed by atoms with Gasteiger partial charge in [0.2, 0.25) is 0 Å². The summed E-state index contributed by atoms with van der Waals surface area (Å²) in [6, 6.07) is 0. The summed E-state index contributed by atoms with van der Waals surface area (Å²) < 4.78 is 2.06. The monoisotopic (exact) mass is 193 g/mol. The first-order valence-corrected chi connectivity index (χ1v) is 5.32. The molecule has 0 atom stereocenters. The number of rotatable bonds is 1. The van der Waals surface area contributed by atoms with Crippen LogP contribution >= 0.6 is 0 Å². The Bertz CT molecular complexity index is 339. The molecule has 1 aliphatic heterocycles. The van der Waals surface area contributed by atoms with E-state index >= 15 is 0 Å². The Morgan fingerprint density at radius 1 is 1.29 bits per heavy atom. The van der Waals surface area contributed by atoms with Gasteiger partial charge in [-0.15, -0.1) is 0 Å². The van der Waals surface area contributed by atoms with E-state index < -0.39 is 0 Å². The summed E-state index contributed by atoms with van der Waals surface area (Å²) in [6.07, 6.45) is 1.10. The van der Waals surface area contributed by atoms with Crippen molar-refractivity contribution in [2.45, 2.75) is 32.7 Å². The average molecular weight is 193 g/mol. The third-order valence-electron chi connectivity index (χ3n) is 2.98. The number of fused-ring (bicyclic) bond motifs is 1. The van der Waals surface area contributed by atoms with Gasteiger partial charge in [-0.25, -0.2) is 0 Å². The van der Waals surface area contributed by atoms with Crippen LogP contribution in [0.2, 0.25) is 0 Å². The first kappa shape index (κ1) is 9.71. The van der Waals surface area contributed by atoms with Crippen molar-refractivity contribution in [3.8, 4) is 0 Å². The van der Waals surface area contributed by atoms with Crippen molar-refractivity contribution < 1.29 is 0 Å². The maximum atomic E-state index is 4.60. The highest BCUT2D eigenvalue weighted by Crippen LogP contribution is 2.26. The fourth-order valence-electron chi connectivity index (χ4n) is 2.38. The maximum Gasteiger partial charge on any atom is 0.0685 e. The van der Waals surface area contributed by atoms with E-state index in [1.165, 1.54) is 17.0 Å². The second kappa shape index (κ2) is 3.39. The Balaban J connectivity index is 2.45. The van der Waals surface area contributed by atoms with Crippen LogP contribution in [-0.2, 0) is 20.0 Å². The maximum absolute atomic E-state index is 4.60. The number of nitrogens with zero attached hydrogens (tertiary/aromatic N) is 3. The van der Waals surface area contributed by atoms with Gasteiger partial charge in [0.15, 0.2) is 0 Å². The van der Waals surface area contributed by atoms with Crippen LogP contribution in [0.5, 0.6) is 0 Å². The molecule has 14 heavy (non-hydrogen) atoms. The van der Waals surface area contributed by atoms with Gasteiger partial charge in [-0.1, -0.05) is 13.8 Å². The molecule has 2 rings (SSSR count). The molecule has 78 valence electrons. The highest BCUT2D eigenvalue weighted by Gasteiger charge is 2.22. The summed E-state index contributed by atoms with van der Waals surface area (Å²) in [5.41, 5.74) is 4.19. The average Bonchev–Trinajstić information content (AvgIpc) is 2.40. The summed E-state index contributed by atoms with van der Waals surface area (Å²) in [4.78, 5) is 2.37. The quantitative estimate of drug-likeness (QED) is 0.674. The zero-order valence-electron chi connectivity index (χ0n) is 9.54. The van der Waals surface area contributed by atoms with E-state index in [2.05, 4.69) is 42.6 Å². The number of hydrogen-bond acceptors (Lipinski definition) is 2. The molecule has 0 spiro atoms. The van der Waals surface area contributed by atoms with Crippen LogP contribution in [0.25, 0.3) is 0 Å². The Morgan fingerprint density at radius 2 is 2.00 bits per heavy atom. The van der Waals surface area contributed by atoms with Gasteiger partial charge in [-0.2, -0.15) is 5.10 Å². The van der Waals surface area contributed by atoms with Gasteiger partial charge >= 0.3 is 0 Å². The molecule has 0 amide bonds. The largest absolute Gasteiger partial charge is 0.302 e. The second-order valence-electron chi connectivity index (χ2n) is 4.58. The summed E-state index contributed by atoms with van der Waals surface area (Å²) >= 11 is 0. The van der Waals surface area contributed by atoms with E-state index in [1.54, 1.807) is 0 Å². The topological polar surface area (TPSA) is 21.1 Å². The summed E-state index contributed by atoms with van der Waals surface area (Å²) in [7, 11) is 4.24. The van der Waals surface area contributed by atoms with Gasteiger partial charge in [-0.05, 0) is 13.0 Å². The summed E-state index contributed by atoms with van der Waals surface area (Å²) in [5, 5.41) is 4.60. The normalized spacial score (nSPS) is 17.5. The van der Waals surface area contributed by atoms with Crippen LogP contribution in [0.4, 0.5) is 0 Å². The van der Waals surface area contributed by atoms with E-state index in [1.807, 2.05) is 0 Å². The van der Waals surface area contributed by atoms with Gasteiger partial charge in [-0.3, -0.25) is 4.68 Å². The first-order valence-electron chi connectivity index (χ1n) is 5.32. The SMILES string of the molecule is CC(C)c1c2c(nn1C)CCN(C)C2. The number of aryl methyl sites for hydroxylation is 1. The molecule has 1 aromatic heterocycles. The minimum Gasteiger partial charge on any atom is -0.302 e. The predicted octanol–water partition coefficient (Wildman–Crippen LogP) is 1.53. The van der Waals surface area contributed by atoms with Crippen LogP contribution in [-0.4, -0.2) is 28.3 Å². The van der Waals surface area contributed by atoms with Crippen molar-refractivity contribution in [2.24, 2.45) is 7.05 Å². The molecule has 0 saturated carbocycles. The predicted molar refractivity (Wildman–Crippen MR) is 57.3 cm³/mol. The van der Waals surface area contributed by atoms with E-state index in [0.717, 1.165) is 19.5 Å². The molecule has 0 unspecified atom stereocenters. The summed E-state index contributed by atoms with van der Waals surface area (Å²) in [5.74, 6) is 0.572. The Hall–Kier alpha value is -0.830. The van der Waals surface area contributed by atoms with Crippen molar-refractivity contribution in [3.63, 3.8) is 0 Å². The lowest BCUT2D eigenvalue weighted by atomic mass is 9.99. The van der Waals surface area contributed by atoms with Crippen molar-refractivity contribution in [2.75, 3.05) is 13.6 Å². The van der Waals surface area contributed by atoms with Gasteiger partial charge in [0.25, 0.3) is 0 Å². The van der Waals surface area contributed by atoms with E-state index in [0.29, 0.717) is 5.92 Å². The van der Waals surface area contributed by atoms with Crippen molar-refractivity contribution in [1.29, 1.82) is 0 Å². The third-order valence-corrected chi connectivity index (χ3v) is 2.98. The van der Waals surface area contributed by atoms with Gasteiger partial charge < -0.3 is 4.90 Å². The second-order valence-corrected chi connectivity index (χ2v) is 4.58. The fraction of sp³-hybridized carbons (Fsp3) is 0.727. The van der Waals surface area contributed by atoms with Crippen molar-refractivity contribution in [1.82, 2.24) is 14.7 Å². The minimum atomic E-state index is 0.572. The van der Waals surface area contributed by atoms with Gasteiger partial charge in [0.05, 0.1) is 5.69 Å². The Kier molecular flexibility index (Phi) is 2.35. The standard InChI is InChI=1S/C11H19N3/c1-8(2)11-9-7-13(3)6-5-10(9)12-14(11)4/h8H,5-7H2,1-4H3. The smallest absolute Gasteiger partial charge is 0.0685 e. The van der Waals surface area contributed by atoms with Crippen LogP contribution in [0.15, 0.2) is 0 Å². The number of hydrogen-bond donors (Lipinski definition) is 0. The van der Waals surface area contributed by atoms with Crippen LogP contribution in [0.1, 0.15) is 36.7 Å². The minimum absolute atomic E-state index is 0.572. The molecule has 3 nitrogen and oxygen atoms in total. The molecular weight excluding hydrogens is 174 g/mol. The lowest BCUT2D eigenvalue weighted by molar-refractivity contribution is 0.310. The fourth-order valence-corrected chi connectivity index (χ4v) is 2.38. The summed E-state index contributed by atoms with van der Waals surface area (Å²) in [6.45, 7) is 6.69. The number of likely N-dealkylation sites (N-methyl/N-ethyl adjacent to an activating group) is 1. The van der Waals surface area contributed by atoms with Crippen LogP contribution < -0.4 is 0 Å². The Labute approximate surface area is 85.7 Å². The molecule has 0 N–H and O–H groups in total.